The minimum atomic E-state index is -0.820. The van der Waals surface area contributed by atoms with Crippen molar-refractivity contribution in [3.05, 3.63) is 59.1 Å². The zero-order chi connectivity index (χ0) is 109. The predicted molar refractivity (Wildman–Crippen MR) is 593 cm³/mol. The molecule has 0 aromatic heterocycles. The number of aliphatic hydroxyl groups excluding tert-OH is 2. The maximum absolute atomic E-state index is 11.9. The van der Waals surface area contributed by atoms with Gasteiger partial charge in [-0.2, -0.15) is 0 Å². The van der Waals surface area contributed by atoms with E-state index in [1.165, 1.54) is 107 Å². The summed E-state index contributed by atoms with van der Waals surface area (Å²) < 4.78 is 17.1. The molecule has 15 rings (SSSR count). The first-order chi connectivity index (χ1) is 66.5. The van der Waals surface area contributed by atoms with Crippen molar-refractivity contribution in [2.24, 2.45) is 167 Å². The van der Waals surface area contributed by atoms with Crippen LogP contribution < -0.4 is 0 Å². The third-order valence-corrected chi connectivity index (χ3v) is 37.9. The van der Waals surface area contributed by atoms with Crippen molar-refractivity contribution in [1.82, 2.24) is 0 Å². The Bertz CT molecular complexity index is 4120. The molecular weight excluding hydrogens is 1790 g/mol. The second kappa shape index (κ2) is 56.1. The lowest BCUT2D eigenvalue weighted by atomic mass is 9.63. The van der Waals surface area contributed by atoms with Crippen LogP contribution in [0.5, 0.6) is 0 Å². The van der Waals surface area contributed by atoms with Gasteiger partial charge in [0.05, 0.1) is 36.9 Å². The summed E-state index contributed by atoms with van der Waals surface area (Å²) in [6.07, 6.45) is 46.9. The standard InChI is InChI=1S/C13H22O.2C12H22O2.C12H20O2.C12H20O.C12H22O.C12H20O.C11H20O2.C11H18O2.C11H18O.C10H16O/c1-5-8-13(3,4)11-7-6-10(2)9-12(11)14;1-9-4-5-10-11(2,3)6-7-14-12(10,13)8-9;2*1-9-4-5-10(11(14)8-9)12(2,3)6-7-13;1-9-4-5-10-11(8-9)13-7-6-12(10,2)3;1-9-4-5-10-11(2,3)6-7-12(10,13)8-9;1-5-12(3,4)10-7-6-9(2)8-11(10)13;2*1-8-4-5-9(10(13)6-8)11(2,3)7-12;1-8-4-5-9-10(6-8)12-7-11(9,2)3;1-7(2)9-5-4-8(3)6-10(9)11/h5,10-11H,1,6-9H2,2-4H3;2*9-10,13H,4-8H2,1-3H3;7,9-10H,4-6,8H2,1-3H3;9H,4-8H2,1-3H3;9-10,13H,4-8H2,1-3H3;5,9-10H,1,6-8H2,2-4H3;8-9,12H,4-7H2,1-3H3;7-9H,4-6H2,1-3H3;8H,4-7H2,1-3H3;8H,4-6H2,1-3H3. The van der Waals surface area contributed by atoms with E-state index in [0.717, 1.165) is 190 Å². The van der Waals surface area contributed by atoms with Crippen molar-refractivity contribution in [1.29, 1.82) is 0 Å². The third-order valence-electron chi connectivity index (χ3n) is 37.9. The zero-order valence-electron chi connectivity index (χ0n) is 98.7. The number of carbonyl (C=O) groups is 9. The van der Waals surface area contributed by atoms with E-state index in [9.17, 15) is 58.5 Å². The smallest absolute Gasteiger partial charge is 0.168 e. The zero-order valence-corrected chi connectivity index (χ0v) is 98.7. The lowest BCUT2D eigenvalue weighted by Crippen LogP contribution is -2.55. The largest absolute Gasteiger partial charge is 0.498 e. The highest BCUT2D eigenvalue weighted by Crippen LogP contribution is 2.58. The second-order valence-electron chi connectivity index (χ2n) is 56.7. The van der Waals surface area contributed by atoms with E-state index in [0.29, 0.717) is 142 Å². The van der Waals surface area contributed by atoms with Crippen molar-refractivity contribution in [2.75, 3.05) is 33.0 Å². The summed E-state index contributed by atoms with van der Waals surface area (Å²) in [7, 11) is 0. The Kier molecular flexibility index (Phi) is 50.5. The lowest BCUT2D eigenvalue weighted by Gasteiger charge is -2.52. The highest BCUT2D eigenvalue weighted by molar-refractivity contribution is 5.96. The van der Waals surface area contributed by atoms with Gasteiger partial charge < -0.3 is 44.2 Å². The van der Waals surface area contributed by atoms with Crippen molar-refractivity contribution in [3.8, 4) is 0 Å². The maximum atomic E-state index is 11.9. The number of fused-ring (bicyclic) bond motifs is 2. The Morgan fingerprint density at radius 1 is 0.375 bits per heavy atom. The van der Waals surface area contributed by atoms with E-state index in [1.54, 1.807) is 11.1 Å². The molecule has 0 amide bonds. The average Bonchev–Trinajstić information content (AvgIpc) is 1.65. The second-order valence-corrected chi connectivity index (χ2v) is 56.7. The van der Waals surface area contributed by atoms with E-state index in [2.05, 4.69) is 186 Å². The van der Waals surface area contributed by atoms with Crippen LogP contribution in [0.2, 0.25) is 0 Å². The summed E-state index contributed by atoms with van der Waals surface area (Å²) in [5.41, 5.74) is 5.81. The minimum absolute atomic E-state index is 0.0166. The summed E-state index contributed by atoms with van der Waals surface area (Å²) in [5, 5.41) is 39.1. The first-order valence-electron chi connectivity index (χ1n) is 58.0. The molecule has 16 nitrogen and oxygen atoms in total. The molecule has 3 heterocycles. The molecule has 11 fully saturated rings. The maximum Gasteiger partial charge on any atom is 0.168 e. The molecule has 0 aromatic rings. The summed E-state index contributed by atoms with van der Waals surface area (Å²) in [5.74, 6) is 13.1. The van der Waals surface area contributed by atoms with E-state index in [4.69, 9.17) is 19.3 Å². The van der Waals surface area contributed by atoms with E-state index >= 15 is 0 Å². The summed E-state index contributed by atoms with van der Waals surface area (Å²) in [6.45, 7) is 81.6. The predicted octanol–water partition coefficient (Wildman–Crippen LogP) is 30.9. The fourth-order valence-corrected chi connectivity index (χ4v) is 27.1. The van der Waals surface area contributed by atoms with Crippen LogP contribution in [0.4, 0.5) is 0 Å². The van der Waals surface area contributed by atoms with Gasteiger partial charge in [0.2, 0.25) is 0 Å². The Labute approximate surface area is 881 Å². The van der Waals surface area contributed by atoms with Gasteiger partial charge in [-0.05, 0) is 318 Å². The van der Waals surface area contributed by atoms with Crippen LogP contribution >= 0.6 is 0 Å². The number of allylic oxidation sites excluding steroid dienone is 7. The molecule has 1 saturated heterocycles. The van der Waals surface area contributed by atoms with Gasteiger partial charge in [-0.25, -0.2) is 0 Å². The van der Waals surface area contributed by atoms with Crippen molar-refractivity contribution < 1.29 is 77.8 Å². The van der Waals surface area contributed by atoms with Crippen LogP contribution in [0.1, 0.15) is 485 Å². The normalized spacial score (nSPS) is 33.3. The van der Waals surface area contributed by atoms with Crippen LogP contribution in [-0.4, -0.2) is 118 Å². The molecule has 16 heteroatoms. The van der Waals surface area contributed by atoms with E-state index in [-0.39, 0.29) is 92.6 Å². The summed E-state index contributed by atoms with van der Waals surface area (Å²) in [6, 6.07) is 0. The van der Waals surface area contributed by atoms with Gasteiger partial charge in [-0.15, -0.1) is 13.2 Å². The number of hydrogen-bond donors (Lipinski definition) is 4. The summed E-state index contributed by atoms with van der Waals surface area (Å²) >= 11 is 0. The molecule has 21 unspecified atom stereocenters. The van der Waals surface area contributed by atoms with Crippen LogP contribution in [0.25, 0.3) is 0 Å². The SMILES string of the molecule is C=CC(C)(C)C1CCC(C)CC1=O.C=CCC(C)(C)C1CCC(C)CC1=O.CC(C)=C1CCC(C)CC1=O.CC1CCC(C(C)(C)C=O)C(=O)C1.CC1CCC(C(C)(C)CC=O)C(=O)C1.CC1CCC(C(C)(C)CCO)C(=O)C1.CC1CCC(C(C)(C)CO)C(=O)C1.CC1CCC2=C(C1)OCC2(C)C.CC1CCC2=C(C1)OCCC2(C)C.CC1CCC2C(C)(C)CCC2(O)C1.CC1CCC2C(C)(C)CCOC2(O)C1. The topological polar surface area (TPSA) is 262 Å². The van der Waals surface area contributed by atoms with Gasteiger partial charge >= 0.3 is 0 Å². The molecule has 10 saturated carbocycles. The van der Waals surface area contributed by atoms with Crippen molar-refractivity contribution >= 4 is 53.1 Å². The number of aliphatic hydroxyl groups is 4. The molecule has 21 atom stereocenters. The molecular formula is C128H220O16. The van der Waals surface area contributed by atoms with Gasteiger partial charge in [0.1, 0.15) is 47.3 Å². The van der Waals surface area contributed by atoms with Crippen LogP contribution in [-0.2, 0) is 57.4 Å². The summed E-state index contributed by atoms with van der Waals surface area (Å²) in [4.78, 5) is 103. The first kappa shape index (κ1) is 130. The Balaban J connectivity index is 0.000000279. The van der Waals surface area contributed by atoms with Gasteiger partial charge in [-0.1, -0.05) is 245 Å². The van der Waals surface area contributed by atoms with Crippen molar-refractivity contribution in [2.45, 2.75) is 497 Å². The van der Waals surface area contributed by atoms with Crippen LogP contribution in [0, 0.1) is 167 Å². The first-order valence-corrected chi connectivity index (χ1v) is 58.0. The number of ether oxygens (including phenoxy) is 3. The van der Waals surface area contributed by atoms with Gasteiger partial charge in [0, 0.05) is 136 Å². The third kappa shape index (κ3) is 38.4. The number of aldehydes is 2. The number of hydrogen-bond acceptors (Lipinski definition) is 16. The minimum Gasteiger partial charge on any atom is -0.498 e. The monoisotopic (exact) mass is 2010 g/mol. The average molecular weight is 2020 g/mol. The Morgan fingerprint density at radius 3 is 1.13 bits per heavy atom. The van der Waals surface area contributed by atoms with Crippen LogP contribution in [0.15, 0.2) is 59.1 Å². The van der Waals surface area contributed by atoms with Crippen LogP contribution in [0.3, 0.4) is 0 Å². The number of Topliss-reactive ketones (excluding diaryl/α,β-unsaturated/α-hetero) is 7. The molecule has 15 aliphatic rings. The molecule has 144 heavy (non-hydrogen) atoms. The Morgan fingerprint density at radius 2 is 0.736 bits per heavy atom. The fraction of sp³-hybridized carbons (Fsp3) is 0.852. The molecule has 4 N–H and O–H groups in total. The van der Waals surface area contributed by atoms with Crippen molar-refractivity contribution in [3.63, 3.8) is 0 Å². The highest BCUT2D eigenvalue weighted by atomic mass is 16.6. The molecule has 0 bridgehead atoms. The molecule has 12 aliphatic carbocycles. The number of ketones is 7. The molecule has 3 aliphatic heterocycles. The van der Waals surface area contributed by atoms with E-state index < -0.39 is 11.2 Å². The molecule has 0 spiro atoms. The molecule has 828 valence electrons. The van der Waals surface area contributed by atoms with Gasteiger partial charge in [0.15, 0.2) is 11.6 Å². The highest BCUT2D eigenvalue weighted by Gasteiger charge is 2.55. The van der Waals surface area contributed by atoms with Gasteiger partial charge in [-0.3, -0.25) is 33.6 Å². The number of rotatable bonds is 15. The molecule has 0 aromatic carbocycles. The quantitative estimate of drug-likeness (QED) is 0.0675. The van der Waals surface area contributed by atoms with E-state index in [1.807, 2.05) is 67.5 Å². The van der Waals surface area contributed by atoms with Gasteiger partial charge in [0.25, 0.3) is 0 Å². The molecule has 0 radical (unpaired) electrons. The Hall–Kier alpha value is -4.87. The number of carbonyl (C=O) groups excluding carboxylic acids is 9. The fourth-order valence-electron chi connectivity index (χ4n) is 27.1. The lowest BCUT2D eigenvalue weighted by molar-refractivity contribution is -0.305.